The molecule has 1 heterocycles. The van der Waals surface area contributed by atoms with Crippen molar-refractivity contribution in [3.8, 4) is 11.1 Å². The summed E-state index contributed by atoms with van der Waals surface area (Å²) in [6.45, 7) is 3.95. The Kier molecular flexibility index (Phi) is 6.64. The molecular weight excluding hydrogens is 336 g/mol. The minimum absolute atomic E-state index is 0.0254. The van der Waals surface area contributed by atoms with Crippen LogP contribution in [0.1, 0.15) is 38.2 Å². The van der Waals surface area contributed by atoms with Gasteiger partial charge in [-0.1, -0.05) is 54.6 Å². The molecule has 0 radical (unpaired) electrons. The van der Waals surface area contributed by atoms with Crippen LogP contribution in [-0.4, -0.2) is 30.6 Å². The van der Waals surface area contributed by atoms with Crippen LogP contribution in [0.2, 0.25) is 0 Å². The molecule has 1 aliphatic heterocycles. The quantitative estimate of drug-likeness (QED) is 0.658. The molecule has 0 bridgehead atoms. The monoisotopic (exact) mass is 366 g/mol. The molecular formula is C23H30N2O2. The van der Waals surface area contributed by atoms with Crippen LogP contribution in [0.4, 0.5) is 0 Å². The van der Waals surface area contributed by atoms with E-state index in [4.69, 9.17) is 0 Å². The second-order valence-electron chi connectivity index (χ2n) is 7.47. The normalized spacial score (nSPS) is 19.3. The lowest BCUT2D eigenvalue weighted by atomic mass is 9.72. The van der Waals surface area contributed by atoms with E-state index >= 15 is 0 Å². The molecule has 2 aromatic carbocycles. The number of carbonyl (C=O) groups excluding carboxylic acids is 1. The first kappa shape index (κ1) is 19.6. The van der Waals surface area contributed by atoms with Crippen molar-refractivity contribution < 1.29 is 9.90 Å². The van der Waals surface area contributed by atoms with Crippen molar-refractivity contribution in [2.24, 2.45) is 5.92 Å². The third kappa shape index (κ3) is 4.76. The van der Waals surface area contributed by atoms with E-state index in [1.165, 1.54) is 6.92 Å². The highest BCUT2D eigenvalue weighted by Gasteiger charge is 2.40. The van der Waals surface area contributed by atoms with E-state index in [1.807, 2.05) is 30.3 Å². The SMILES string of the molecule is CC(=O)NCCC[C@@](O)(c1ccccc1-c1ccccc1)[C@@H]1CCCNC1. The van der Waals surface area contributed by atoms with Gasteiger partial charge >= 0.3 is 0 Å². The van der Waals surface area contributed by atoms with Gasteiger partial charge in [-0.2, -0.15) is 0 Å². The van der Waals surface area contributed by atoms with E-state index in [2.05, 4.69) is 34.9 Å². The highest BCUT2D eigenvalue weighted by molar-refractivity contribution is 5.72. The van der Waals surface area contributed by atoms with E-state index in [1.54, 1.807) is 0 Å². The summed E-state index contributed by atoms with van der Waals surface area (Å²) in [5, 5.41) is 18.3. The molecule has 1 fully saturated rings. The maximum Gasteiger partial charge on any atom is 0.216 e. The fourth-order valence-corrected chi connectivity index (χ4v) is 4.17. The number of rotatable bonds is 7. The van der Waals surface area contributed by atoms with Crippen molar-refractivity contribution in [1.82, 2.24) is 10.6 Å². The van der Waals surface area contributed by atoms with Gasteiger partial charge in [0.05, 0.1) is 5.60 Å². The molecule has 2 atom stereocenters. The zero-order valence-electron chi connectivity index (χ0n) is 16.1. The number of hydrogen-bond acceptors (Lipinski definition) is 3. The number of piperidine rings is 1. The van der Waals surface area contributed by atoms with E-state index in [9.17, 15) is 9.90 Å². The van der Waals surface area contributed by atoms with Crippen molar-refractivity contribution in [2.45, 2.75) is 38.2 Å². The Morgan fingerprint density at radius 1 is 1.19 bits per heavy atom. The van der Waals surface area contributed by atoms with Crippen molar-refractivity contribution in [3.05, 3.63) is 60.2 Å². The minimum atomic E-state index is -0.918. The van der Waals surface area contributed by atoms with Gasteiger partial charge in [-0.3, -0.25) is 4.79 Å². The van der Waals surface area contributed by atoms with Gasteiger partial charge in [-0.05, 0) is 48.9 Å². The second-order valence-corrected chi connectivity index (χ2v) is 7.47. The van der Waals surface area contributed by atoms with Crippen LogP contribution in [0.25, 0.3) is 11.1 Å². The van der Waals surface area contributed by atoms with Gasteiger partial charge in [0, 0.05) is 25.9 Å². The van der Waals surface area contributed by atoms with Gasteiger partial charge in [0.1, 0.15) is 0 Å². The van der Waals surface area contributed by atoms with E-state index in [0.717, 1.165) is 49.0 Å². The Morgan fingerprint density at radius 3 is 2.63 bits per heavy atom. The number of nitrogens with one attached hydrogen (secondary N) is 2. The smallest absolute Gasteiger partial charge is 0.216 e. The van der Waals surface area contributed by atoms with Crippen molar-refractivity contribution in [3.63, 3.8) is 0 Å². The lowest BCUT2D eigenvalue weighted by Gasteiger charge is -2.40. The zero-order chi connectivity index (χ0) is 19.1. The molecule has 144 valence electrons. The Hall–Kier alpha value is -2.17. The lowest BCUT2D eigenvalue weighted by Crippen LogP contribution is -2.45. The predicted octanol–water partition coefficient (Wildman–Crippen LogP) is 3.46. The molecule has 27 heavy (non-hydrogen) atoms. The van der Waals surface area contributed by atoms with Crippen LogP contribution in [0.3, 0.4) is 0 Å². The van der Waals surface area contributed by atoms with Gasteiger partial charge in [0.15, 0.2) is 0 Å². The summed E-state index contributed by atoms with van der Waals surface area (Å²) in [4.78, 5) is 11.2. The van der Waals surface area contributed by atoms with Crippen LogP contribution in [-0.2, 0) is 10.4 Å². The summed E-state index contributed by atoms with van der Waals surface area (Å²) in [5.41, 5.74) is 2.29. The van der Waals surface area contributed by atoms with Gasteiger partial charge in [-0.25, -0.2) is 0 Å². The molecule has 3 N–H and O–H groups in total. The maximum absolute atomic E-state index is 12.0. The van der Waals surface area contributed by atoms with E-state index in [0.29, 0.717) is 13.0 Å². The minimum Gasteiger partial charge on any atom is -0.385 e. The summed E-state index contributed by atoms with van der Waals surface area (Å²) >= 11 is 0. The summed E-state index contributed by atoms with van der Waals surface area (Å²) in [7, 11) is 0. The number of hydrogen-bond donors (Lipinski definition) is 3. The molecule has 0 saturated carbocycles. The Balaban J connectivity index is 1.94. The largest absolute Gasteiger partial charge is 0.385 e. The molecule has 0 aliphatic carbocycles. The first-order chi connectivity index (χ1) is 13.1. The summed E-state index contributed by atoms with van der Waals surface area (Å²) < 4.78 is 0. The fourth-order valence-electron chi connectivity index (χ4n) is 4.17. The molecule has 3 rings (SSSR count). The number of aliphatic hydroxyl groups is 1. The molecule has 0 unspecified atom stereocenters. The molecule has 0 aromatic heterocycles. The van der Waals surface area contributed by atoms with Crippen LogP contribution in [0.15, 0.2) is 54.6 Å². The van der Waals surface area contributed by atoms with Gasteiger partial charge < -0.3 is 15.7 Å². The van der Waals surface area contributed by atoms with E-state index in [-0.39, 0.29) is 11.8 Å². The van der Waals surface area contributed by atoms with Crippen molar-refractivity contribution >= 4 is 5.91 Å². The zero-order valence-corrected chi connectivity index (χ0v) is 16.1. The summed E-state index contributed by atoms with van der Waals surface area (Å²) in [6.07, 6.45) is 3.46. The lowest BCUT2D eigenvalue weighted by molar-refractivity contribution is -0.119. The second kappa shape index (κ2) is 9.16. The molecule has 2 aromatic rings. The topological polar surface area (TPSA) is 61.4 Å². The molecule has 4 nitrogen and oxygen atoms in total. The number of benzene rings is 2. The molecule has 0 spiro atoms. The third-order valence-corrected chi connectivity index (χ3v) is 5.56. The highest BCUT2D eigenvalue weighted by Crippen LogP contribution is 2.42. The van der Waals surface area contributed by atoms with Crippen LogP contribution < -0.4 is 10.6 Å². The molecule has 1 aliphatic rings. The first-order valence-electron chi connectivity index (χ1n) is 9.94. The molecule has 1 amide bonds. The summed E-state index contributed by atoms with van der Waals surface area (Å²) in [6, 6.07) is 18.5. The van der Waals surface area contributed by atoms with Gasteiger partial charge in [0.2, 0.25) is 5.91 Å². The maximum atomic E-state index is 12.0. The van der Waals surface area contributed by atoms with Crippen LogP contribution in [0, 0.1) is 5.92 Å². The highest BCUT2D eigenvalue weighted by atomic mass is 16.3. The fraction of sp³-hybridized carbons (Fsp3) is 0.435. The standard InChI is InChI=1S/C23H30N2O2/c1-18(26)25-16-8-14-23(27,20-11-7-15-24-17-20)22-13-6-5-12-21(22)19-9-3-2-4-10-19/h2-6,9-10,12-13,20,24,27H,7-8,11,14-17H2,1H3,(H,25,26)/t20-,23+/m1/s1. The Labute approximate surface area is 162 Å². The summed E-state index contributed by atoms with van der Waals surface area (Å²) in [5.74, 6) is 0.135. The van der Waals surface area contributed by atoms with Crippen molar-refractivity contribution in [2.75, 3.05) is 19.6 Å². The Morgan fingerprint density at radius 2 is 1.93 bits per heavy atom. The Bertz CT molecular complexity index is 741. The number of carbonyl (C=O) groups is 1. The third-order valence-electron chi connectivity index (χ3n) is 5.56. The van der Waals surface area contributed by atoms with Crippen LogP contribution >= 0.6 is 0 Å². The predicted molar refractivity (Wildman–Crippen MR) is 109 cm³/mol. The van der Waals surface area contributed by atoms with E-state index < -0.39 is 5.60 Å². The average molecular weight is 367 g/mol. The van der Waals surface area contributed by atoms with Gasteiger partial charge in [0.25, 0.3) is 0 Å². The molecule has 4 heteroatoms. The first-order valence-corrected chi connectivity index (χ1v) is 9.94. The van der Waals surface area contributed by atoms with Crippen LogP contribution in [0.5, 0.6) is 0 Å². The average Bonchev–Trinajstić information content (AvgIpc) is 2.72. The molecule has 1 saturated heterocycles. The van der Waals surface area contributed by atoms with Gasteiger partial charge in [-0.15, -0.1) is 0 Å². The number of amides is 1. The van der Waals surface area contributed by atoms with Crippen molar-refractivity contribution in [1.29, 1.82) is 0 Å².